The van der Waals surface area contributed by atoms with Crippen LogP contribution in [0.2, 0.25) is 0 Å². The number of halogens is 3. The first-order valence-electron chi connectivity index (χ1n) is 8.59. The summed E-state index contributed by atoms with van der Waals surface area (Å²) in [7, 11) is 0. The maximum absolute atomic E-state index is 12.9. The fourth-order valence-corrected chi connectivity index (χ4v) is 4.58. The smallest absolute Gasteiger partial charge is 0.418 e. The van der Waals surface area contributed by atoms with Gasteiger partial charge < -0.3 is 14.8 Å². The van der Waals surface area contributed by atoms with E-state index in [-0.39, 0.29) is 17.9 Å². The van der Waals surface area contributed by atoms with Crippen LogP contribution >= 0.6 is 0 Å². The molecule has 144 valence electrons. The van der Waals surface area contributed by atoms with Gasteiger partial charge in [0, 0.05) is 5.92 Å². The zero-order chi connectivity index (χ0) is 19.3. The van der Waals surface area contributed by atoms with Gasteiger partial charge in [0.25, 0.3) is 5.91 Å². The number of fused-ring (bicyclic) bond motifs is 1. The number of para-hydroxylation sites is 1. The number of esters is 2. The number of benzene rings is 1. The van der Waals surface area contributed by atoms with E-state index in [9.17, 15) is 27.6 Å². The van der Waals surface area contributed by atoms with Gasteiger partial charge in [-0.3, -0.25) is 14.4 Å². The van der Waals surface area contributed by atoms with Crippen molar-refractivity contribution in [2.24, 2.45) is 23.7 Å². The lowest BCUT2D eigenvalue weighted by Crippen LogP contribution is -2.35. The second-order valence-electron chi connectivity index (χ2n) is 7.12. The predicted octanol–water partition coefficient (Wildman–Crippen LogP) is 2.38. The fraction of sp³-hybridized carbons (Fsp3) is 0.500. The van der Waals surface area contributed by atoms with Gasteiger partial charge in [-0.1, -0.05) is 12.1 Å². The lowest BCUT2D eigenvalue weighted by atomic mass is 9.80. The third kappa shape index (κ3) is 3.04. The summed E-state index contributed by atoms with van der Waals surface area (Å²) in [5.74, 6) is -3.13. The van der Waals surface area contributed by atoms with Crippen molar-refractivity contribution in [1.82, 2.24) is 0 Å². The van der Waals surface area contributed by atoms with Crippen LogP contribution in [0.3, 0.4) is 0 Å². The lowest BCUT2D eigenvalue weighted by Gasteiger charge is -2.22. The van der Waals surface area contributed by atoms with Crippen LogP contribution in [-0.2, 0) is 30.0 Å². The molecule has 1 aromatic carbocycles. The number of anilines is 1. The molecule has 1 heterocycles. The van der Waals surface area contributed by atoms with Crippen LogP contribution in [0.1, 0.15) is 18.4 Å². The number of amides is 1. The van der Waals surface area contributed by atoms with Crippen molar-refractivity contribution >= 4 is 23.5 Å². The topological polar surface area (TPSA) is 81.7 Å². The van der Waals surface area contributed by atoms with E-state index in [0.717, 1.165) is 12.1 Å². The van der Waals surface area contributed by atoms with Gasteiger partial charge in [0.1, 0.15) is 6.10 Å². The zero-order valence-electron chi connectivity index (χ0n) is 14.0. The van der Waals surface area contributed by atoms with E-state index in [1.165, 1.54) is 12.1 Å². The molecule has 1 saturated heterocycles. The molecule has 0 spiro atoms. The summed E-state index contributed by atoms with van der Waals surface area (Å²) in [6.45, 7) is -0.718. The van der Waals surface area contributed by atoms with Gasteiger partial charge in [0.15, 0.2) is 6.61 Å². The molecule has 2 bridgehead atoms. The Morgan fingerprint density at radius 1 is 1.22 bits per heavy atom. The summed E-state index contributed by atoms with van der Waals surface area (Å²) in [6.07, 6.45) is -3.42. The van der Waals surface area contributed by atoms with Crippen LogP contribution in [0.25, 0.3) is 0 Å². The highest BCUT2D eigenvalue weighted by Gasteiger charge is 2.64. The van der Waals surface area contributed by atoms with Crippen LogP contribution in [0.5, 0.6) is 0 Å². The number of hydrogen-bond acceptors (Lipinski definition) is 5. The Kier molecular flexibility index (Phi) is 4.12. The van der Waals surface area contributed by atoms with Crippen molar-refractivity contribution < 1.29 is 37.0 Å². The fourth-order valence-electron chi connectivity index (χ4n) is 4.58. The third-order valence-corrected chi connectivity index (χ3v) is 5.61. The lowest BCUT2D eigenvalue weighted by molar-refractivity contribution is -0.157. The summed E-state index contributed by atoms with van der Waals surface area (Å²) >= 11 is 0. The van der Waals surface area contributed by atoms with Crippen LogP contribution in [0.15, 0.2) is 24.3 Å². The Hall–Kier alpha value is -2.58. The molecule has 4 rings (SSSR count). The average Bonchev–Trinajstić information content (AvgIpc) is 3.21. The van der Waals surface area contributed by atoms with Gasteiger partial charge in [-0.05, 0) is 30.9 Å². The third-order valence-electron chi connectivity index (χ3n) is 5.61. The van der Waals surface area contributed by atoms with Crippen molar-refractivity contribution in [2.75, 3.05) is 11.9 Å². The van der Waals surface area contributed by atoms with Gasteiger partial charge in [0.05, 0.1) is 23.1 Å². The molecule has 1 N–H and O–H groups in total. The highest BCUT2D eigenvalue weighted by Crippen LogP contribution is 2.57. The van der Waals surface area contributed by atoms with E-state index in [1.807, 2.05) is 0 Å². The van der Waals surface area contributed by atoms with Crippen LogP contribution < -0.4 is 5.32 Å². The predicted molar refractivity (Wildman–Crippen MR) is 84.1 cm³/mol. The molecule has 2 aliphatic carbocycles. The summed E-state index contributed by atoms with van der Waals surface area (Å²) in [5, 5.41) is 2.11. The number of hydrogen-bond donors (Lipinski definition) is 1. The van der Waals surface area contributed by atoms with Gasteiger partial charge in [-0.2, -0.15) is 13.2 Å². The SMILES string of the molecule is O=C(COC(=O)[C@@H]1[C@@H]2C[C@@H]3[C@H]1C(=O)O[C@@H]3C2)Nc1ccccc1C(F)(F)F. The zero-order valence-corrected chi connectivity index (χ0v) is 14.0. The number of carbonyl (C=O) groups is 3. The number of ether oxygens (including phenoxy) is 2. The second kappa shape index (κ2) is 6.24. The quantitative estimate of drug-likeness (QED) is 0.808. The molecule has 3 fully saturated rings. The average molecular weight is 383 g/mol. The van der Waals surface area contributed by atoms with Gasteiger partial charge in [-0.15, -0.1) is 0 Å². The van der Waals surface area contributed by atoms with Crippen molar-refractivity contribution in [2.45, 2.75) is 25.1 Å². The van der Waals surface area contributed by atoms with E-state index in [1.54, 1.807) is 0 Å². The Bertz CT molecular complexity index is 806. The summed E-state index contributed by atoms with van der Waals surface area (Å²) in [4.78, 5) is 36.2. The van der Waals surface area contributed by atoms with E-state index >= 15 is 0 Å². The van der Waals surface area contributed by atoms with E-state index in [2.05, 4.69) is 5.32 Å². The molecule has 3 aliphatic rings. The van der Waals surface area contributed by atoms with E-state index in [4.69, 9.17) is 9.47 Å². The van der Waals surface area contributed by atoms with Crippen molar-refractivity contribution in [3.63, 3.8) is 0 Å². The number of carbonyl (C=O) groups excluding carboxylic acids is 3. The highest BCUT2D eigenvalue weighted by molar-refractivity contribution is 5.94. The number of rotatable bonds is 4. The van der Waals surface area contributed by atoms with Crippen molar-refractivity contribution in [3.05, 3.63) is 29.8 Å². The highest BCUT2D eigenvalue weighted by atomic mass is 19.4. The van der Waals surface area contributed by atoms with Gasteiger partial charge in [0.2, 0.25) is 0 Å². The largest absolute Gasteiger partial charge is 0.462 e. The van der Waals surface area contributed by atoms with Crippen LogP contribution in [0.4, 0.5) is 18.9 Å². The van der Waals surface area contributed by atoms with E-state index < -0.39 is 53.7 Å². The van der Waals surface area contributed by atoms with Crippen LogP contribution in [0, 0.1) is 23.7 Å². The van der Waals surface area contributed by atoms with Crippen molar-refractivity contribution in [3.8, 4) is 0 Å². The molecule has 0 unspecified atom stereocenters. The summed E-state index contributed by atoms with van der Waals surface area (Å²) < 4.78 is 49.1. The minimum absolute atomic E-state index is 0.0158. The molecule has 2 saturated carbocycles. The molecule has 5 atom stereocenters. The Morgan fingerprint density at radius 3 is 2.70 bits per heavy atom. The van der Waals surface area contributed by atoms with E-state index in [0.29, 0.717) is 12.8 Å². The monoisotopic (exact) mass is 383 g/mol. The first-order valence-corrected chi connectivity index (χ1v) is 8.59. The standard InChI is InChI=1S/C18H16F3NO5/c19-18(20,21)10-3-1-2-4-11(10)22-13(23)7-26-16(24)14-8-5-9-12(6-8)27-17(25)15(9)14/h1-4,8-9,12,14-15H,5-7H2,(H,22,23)/t8-,9+,12-,14-,15-/m1/s1. The molecule has 1 aromatic rings. The van der Waals surface area contributed by atoms with Crippen LogP contribution in [-0.4, -0.2) is 30.6 Å². The first kappa shape index (κ1) is 17.8. The summed E-state index contributed by atoms with van der Waals surface area (Å²) in [5.41, 5.74) is -1.40. The first-order chi connectivity index (χ1) is 12.8. The molecule has 1 aliphatic heterocycles. The number of nitrogens with one attached hydrogen (secondary N) is 1. The molecule has 0 radical (unpaired) electrons. The second-order valence-corrected chi connectivity index (χ2v) is 7.12. The minimum Gasteiger partial charge on any atom is -0.462 e. The maximum Gasteiger partial charge on any atom is 0.418 e. The normalized spacial score (nSPS) is 30.9. The molecular weight excluding hydrogens is 367 g/mol. The molecule has 9 heteroatoms. The summed E-state index contributed by atoms with van der Waals surface area (Å²) in [6, 6.07) is 4.53. The van der Waals surface area contributed by atoms with Gasteiger partial charge in [-0.25, -0.2) is 0 Å². The Balaban J connectivity index is 1.37. The minimum atomic E-state index is -4.62. The number of alkyl halides is 3. The molecule has 0 aromatic heterocycles. The Labute approximate surface area is 152 Å². The Morgan fingerprint density at radius 2 is 1.96 bits per heavy atom. The molecule has 1 amide bonds. The molecule has 27 heavy (non-hydrogen) atoms. The maximum atomic E-state index is 12.9. The molecular formula is C18H16F3NO5. The van der Waals surface area contributed by atoms with Crippen molar-refractivity contribution in [1.29, 1.82) is 0 Å². The van der Waals surface area contributed by atoms with Gasteiger partial charge >= 0.3 is 18.1 Å². The molecule has 6 nitrogen and oxygen atoms in total.